The van der Waals surface area contributed by atoms with E-state index >= 15 is 0 Å². The monoisotopic (exact) mass is 325 g/mol. The topological polar surface area (TPSA) is 46.6 Å². The summed E-state index contributed by atoms with van der Waals surface area (Å²) in [6.45, 7) is 6.02. The molecule has 1 aromatic heterocycles. The predicted molar refractivity (Wildman–Crippen MR) is 92.3 cm³/mol. The first kappa shape index (κ1) is 15.4. The number of hydrogen-bond acceptors (Lipinski definition) is 5. The van der Waals surface area contributed by atoms with Crippen LogP contribution in [0.25, 0.3) is 0 Å². The zero-order valence-electron chi connectivity index (χ0n) is 13.8. The molecule has 0 aliphatic carbocycles. The summed E-state index contributed by atoms with van der Waals surface area (Å²) >= 11 is 0. The summed E-state index contributed by atoms with van der Waals surface area (Å²) in [5, 5.41) is 3.45. The predicted octanol–water partition coefficient (Wildman–Crippen LogP) is 2.39. The number of nitrogens with zero attached hydrogens (tertiary/aromatic N) is 2. The minimum absolute atomic E-state index is 0.0937. The Morgan fingerprint density at radius 1 is 1.12 bits per heavy atom. The molecule has 5 heteroatoms. The van der Waals surface area contributed by atoms with Crippen molar-refractivity contribution in [2.45, 2.75) is 19.1 Å². The quantitative estimate of drug-likeness (QED) is 0.939. The fraction of sp³-hybridized carbons (Fsp3) is 0.421. The molecule has 0 saturated carbocycles. The van der Waals surface area contributed by atoms with Crippen LogP contribution in [0, 0.1) is 0 Å². The number of hydrogen-bond donors (Lipinski definition) is 1. The van der Waals surface area contributed by atoms with Crippen LogP contribution >= 0.6 is 0 Å². The lowest BCUT2D eigenvalue weighted by Crippen LogP contribution is -2.27. The van der Waals surface area contributed by atoms with Crippen molar-refractivity contribution in [1.29, 1.82) is 0 Å². The number of nitrogens with one attached hydrogen (secondary N) is 1. The van der Waals surface area contributed by atoms with E-state index in [0.717, 1.165) is 44.0 Å². The van der Waals surface area contributed by atoms with Gasteiger partial charge in [0.25, 0.3) is 5.88 Å². The molecule has 0 amide bonds. The van der Waals surface area contributed by atoms with Crippen molar-refractivity contribution in [3.05, 3.63) is 53.7 Å². The average Bonchev–Trinajstić information content (AvgIpc) is 2.91. The highest BCUT2D eigenvalue weighted by atomic mass is 16.6. The average molecular weight is 325 g/mol. The smallest absolute Gasteiger partial charge is 0.257 e. The molecule has 5 nitrogen and oxygen atoms in total. The Balaban J connectivity index is 1.41. The molecule has 4 rings (SSSR count). The fourth-order valence-electron chi connectivity index (χ4n) is 3.23. The molecule has 1 N–H and O–H groups in total. The van der Waals surface area contributed by atoms with Gasteiger partial charge in [-0.1, -0.05) is 24.3 Å². The molecule has 1 unspecified atom stereocenters. The van der Waals surface area contributed by atoms with Gasteiger partial charge in [0.2, 0.25) is 0 Å². The molecule has 0 radical (unpaired) electrons. The lowest BCUT2D eigenvalue weighted by atomic mass is 10.1. The summed E-state index contributed by atoms with van der Waals surface area (Å²) in [7, 11) is 0. The molecule has 1 fully saturated rings. The lowest BCUT2D eigenvalue weighted by molar-refractivity contribution is 0.0851. The van der Waals surface area contributed by atoms with Gasteiger partial charge in [0, 0.05) is 25.8 Å². The number of pyridine rings is 1. The van der Waals surface area contributed by atoms with Gasteiger partial charge in [-0.3, -0.25) is 4.90 Å². The maximum absolute atomic E-state index is 5.97. The van der Waals surface area contributed by atoms with Crippen LogP contribution in [-0.2, 0) is 6.54 Å². The van der Waals surface area contributed by atoms with E-state index in [0.29, 0.717) is 12.5 Å². The van der Waals surface area contributed by atoms with E-state index < -0.39 is 0 Å². The number of benzene rings is 1. The Morgan fingerprint density at radius 2 is 2.04 bits per heavy atom. The molecule has 1 aromatic carbocycles. The molecule has 2 aliphatic rings. The zero-order chi connectivity index (χ0) is 16.2. The first-order valence-corrected chi connectivity index (χ1v) is 8.65. The second-order valence-corrected chi connectivity index (χ2v) is 6.35. The molecular weight excluding hydrogens is 302 g/mol. The molecule has 2 aliphatic heterocycles. The standard InChI is InChI=1S/C19H23N3O2/c1-3-17-19(21-9-1)24-18(14-23-17)16-6-4-15(5-7-16)13-22-11-2-8-20-10-12-22/h1,3-7,9,18,20H,2,8,10-14H2. The Hall–Kier alpha value is -2.11. The molecule has 3 heterocycles. The summed E-state index contributed by atoms with van der Waals surface area (Å²) in [4.78, 5) is 6.75. The molecule has 24 heavy (non-hydrogen) atoms. The molecular formula is C19H23N3O2. The summed E-state index contributed by atoms with van der Waals surface area (Å²) < 4.78 is 11.7. The third-order valence-corrected chi connectivity index (χ3v) is 4.57. The van der Waals surface area contributed by atoms with E-state index in [1.54, 1.807) is 6.20 Å². The largest absolute Gasteiger partial charge is 0.484 e. The van der Waals surface area contributed by atoms with E-state index in [4.69, 9.17) is 9.47 Å². The van der Waals surface area contributed by atoms with Crippen molar-refractivity contribution in [1.82, 2.24) is 15.2 Å². The molecule has 0 spiro atoms. The molecule has 0 bridgehead atoms. The third kappa shape index (κ3) is 3.52. The number of aromatic nitrogens is 1. The van der Waals surface area contributed by atoms with Gasteiger partial charge in [0.1, 0.15) is 6.61 Å². The first-order chi connectivity index (χ1) is 11.9. The van der Waals surface area contributed by atoms with Crippen LogP contribution in [0.5, 0.6) is 11.6 Å². The van der Waals surface area contributed by atoms with Gasteiger partial charge in [0.15, 0.2) is 11.9 Å². The molecule has 2 aromatic rings. The van der Waals surface area contributed by atoms with Crippen LogP contribution in [0.1, 0.15) is 23.7 Å². The summed E-state index contributed by atoms with van der Waals surface area (Å²) in [5.41, 5.74) is 2.48. The van der Waals surface area contributed by atoms with Gasteiger partial charge in [-0.2, -0.15) is 0 Å². The van der Waals surface area contributed by atoms with E-state index in [1.807, 2.05) is 12.1 Å². The van der Waals surface area contributed by atoms with E-state index in [-0.39, 0.29) is 6.10 Å². The highest BCUT2D eigenvalue weighted by molar-refractivity contribution is 5.35. The molecule has 126 valence electrons. The van der Waals surface area contributed by atoms with Gasteiger partial charge in [0.05, 0.1) is 0 Å². The number of rotatable bonds is 3. The normalized spacial score (nSPS) is 21.2. The van der Waals surface area contributed by atoms with Crippen LogP contribution < -0.4 is 14.8 Å². The number of fused-ring (bicyclic) bond motifs is 1. The SMILES string of the molecule is c1cnc2c(c1)OCC(c1ccc(CN3CCCNCC3)cc1)O2. The Kier molecular flexibility index (Phi) is 4.62. The van der Waals surface area contributed by atoms with Crippen molar-refractivity contribution in [3.8, 4) is 11.6 Å². The Bertz CT molecular complexity index is 667. The van der Waals surface area contributed by atoms with Gasteiger partial charge < -0.3 is 14.8 Å². The second kappa shape index (κ2) is 7.20. The Morgan fingerprint density at radius 3 is 2.96 bits per heavy atom. The van der Waals surface area contributed by atoms with Gasteiger partial charge in [-0.25, -0.2) is 4.98 Å². The van der Waals surface area contributed by atoms with Crippen molar-refractivity contribution < 1.29 is 9.47 Å². The maximum Gasteiger partial charge on any atom is 0.257 e. The van der Waals surface area contributed by atoms with Crippen molar-refractivity contribution in [2.24, 2.45) is 0 Å². The minimum Gasteiger partial charge on any atom is -0.484 e. The van der Waals surface area contributed by atoms with Crippen molar-refractivity contribution >= 4 is 0 Å². The third-order valence-electron chi connectivity index (χ3n) is 4.57. The highest BCUT2D eigenvalue weighted by Gasteiger charge is 2.23. The lowest BCUT2D eigenvalue weighted by Gasteiger charge is -2.26. The van der Waals surface area contributed by atoms with E-state index in [1.165, 1.54) is 12.0 Å². The van der Waals surface area contributed by atoms with Crippen LogP contribution in [0.2, 0.25) is 0 Å². The molecule has 1 atom stereocenters. The minimum atomic E-state index is -0.0937. The summed E-state index contributed by atoms with van der Waals surface area (Å²) in [5.74, 6) is 1.30. The van der Waals surface area contributed by atoms with Crippen LogP contribution in [0.3, 0.4) is 0 Å². The van der Waals surface area contributed by atoms with Crippen molar-refractivity contribution in [3.63, 3.8) is 0 Å². The fourth-order valence-corrected chi connectivity index (χ4v) is 3.23. The first-order valence-electron chi connectivity index (χ1n) is 8.65. The maximum atomic E-state index is 5.97. The molecule has 1 saturated heterocycles. The second-order valence-electron chi connectivity index (χ2n) is 6.35. The Labute approximate surface area is 142 Å². The zero-order valence-corrected chi connectivity index (χ0v) is 13.8. The van der Waals surface area contributed by atoms with Crippen LogP contribution in [0.4, 0.5) is 0 Å². The van der Waals surface area contributed by atoms with Crippen LogP contribution in [0.15, 0.2) is 42.6 Å². The highest BCUT2D eigenvalue weighted by Crippen LogP contribution is 2.33. The van der Waals surface area contributed by atoms with Gasteiger partial charge >= 0.3 is 0 Å². The van der Waals surface area contributed by atoms with E-state index in [9.17, 15) is 0 Å². The van der Waals surface area contributed by atoms with Crippen LogP contribution in [-0.4, -0.2) is 42.7 Å². The van der Waals surface area contributed by atoms with E-state index in [2.05, 4.69) is 39.5 Å². The number of ether oxygens (including phenoxy) is 2. The van der Waals surface area contributed by atoms with Gasteiger partial charge in [-0.15, -0.1) is 0 Å². The summed E-state index contributed by atoms with van der Waals surface area (Å²) in [6, 6.07) is 12.4. The van der Waals surface area contributed by atoms with Crippen molar-refractivity contribution in [2.75, 3.05) is 32.8 Å². The van der Waals surface area contributed by atoms with Gasteiger partial charge in [-0.05, 0) is 42.8 Å². The summed E-state index contributed by atoms with van der Waals surface area (Å²) in [6.07, 6.45) is 2.85.